The fourth-order valence-electron chi connectivity index (χ4n) is 1.21. The molecule has 0 saturated carbocycles. The normalized spacial score (nSPS) is 15.3. The molecule has 0 aromatic carbocycles. The number of amides is 1. The van der Waals surface area contributed by atoms with E-state index in [0.717, 1.165) is 12.1 Å². The van der Waals surface area contributed by atoms with Gasteiger partial charge in [-0.05, 0) is 31.9 Å². The van der Waals surface area contributed by atoms with Crippen molar-refractivity contribution in [3.8, 4) is 0 Å². The lowest BCUT2D eigenvalue weighted by Crippen LogP contribution is -2.18. The van der Waals surface area contributed by atoms with Gasteiger partial charge < -0.3 is 5.32 Å². The van der Waals surface area contributed by atoms with Gasteiger partial charge >= 0.3 is 0 Å². The summed E-state index contributed by atoms with van der Waals surface area (Å²) in [7, 11) is 0. The van der Waals surface area contributed by atoms with Crippen LogP contribution >= 0.6 is 0 Å². The van der Waals surface area contributed by atoms with Gasteiger partial charge in [-0.25, -0.2) is 0 Å². The third kappa shape index (κ3) is 2.90. The van der Waals surface area contributed by atoms with Gasteiger partial charge in [-0.1, -0.05) is 17.7 Å². The fourth-order valence-corrected chi connectivity index (χ4v) is 1.21. The Kier molecular flexibility index (Phi) is 3.07. The van der Waals surface area contributed by atoms with Gasteiger partial charge in [0.05, 0.1) is 0 Å². The summed E-state index contributed by atoms with van der Waals surface area (Å²) in [6.07, 6.45) is 6.94. The maximum atomic E-state index is 10.7. The maximum Gasteiger partial charge on any atom is 0.221 e. The van der Waals surface area contributed by atoms with Crippen LogP contribution in [-0.4, -0.2) is 5.91 Å². The Morgan fingerprint density at radius 3 is 2.38 bits per heavy atom. The molecule has 0 unspecified atom stereocenters. The molecule has 0 aliphatic heterocycles. The van der Waals surface area contributed by atoms with Crippen LogP contribution in [0.4, 0.5) is 0 Å². The first-order valence-corrected chi connectivity index (χ1v) is 4.42. The molecule has 1 aliphatic rings. The Labute approximate surface area is 79.0 Å². The van der Waals surface area contributed by atoms with Crippen molar-refractivity contribution in [1.29, 1.82) is 0 Å². The first kappa shape index (κ1) is 9.78. The number of carbonyl (C=O) groups excluding carboxylic acids is 1. The maximum absolute atomic E-state index is 10.7. The Hall–Kier alpha value is -1.31. The van der Waals surface area contributed by atoms with E-state index in [1.54, 1.807) is 0 Å². The van der Waals surface area contributed by atoms with Crippen molar-refractivity contribution in [1.82, 2.24) is 5.32 Å². The monoisotopic (exact) mass is 177 g/mol. The van der Waals surface area contributed by atoms with Crippen molar-refractivity contribution in [3.63, 3.8) is 0 Å². The van der Waals surface area contributed by atoms with E-state index in [4.69, 9.17) is 0 Å². The summed E-state index contributed by atoms with van der Waals surface area (Å²) in [6.45, 7) is 5.71. The summed E-state index contributed by atoms with van der Waals surface area (Å²) in [5.41, 5.74) is 3.56. The van der Waals surface area contributed by atoms with Crippen LogP contribution in [0.1, 0.15) is 27.2 Å². The highest BCUT2D eigenvalue weighted by Crippen LogP contribution is 2.17. The van der Waals surface area contributed by atoms with Crippen molar-refractivity contribution in [3.05, 3.63) is 35.1 Å². The molecule has 0 aromatic heterocycles. The number of hydrogen-bond acceptors (Lipinski definition) is 1. The van der Waals surface area contributed by atoms with E-state index in [-0.39, 0.29) is 5.91 Å². The molecule has 0 atom stereocenters. The zero-order valence-electron chi connectivity index (χ0n) is 8.35. The SMILES string of the molecule is CC(=O)NC1=CCC(=C(C)C)C=C1. The van der Waals surface area contributed by atoms with E-state index in [9.17, 15) is 4.79 Å². The summed E-state index contributed by atoms with van der Waals surface area (Å²) in [6, 6.07) is 0. The first-order chi connectivity index (χ1) is 6.09. The standard InChI is InChI=1S/C11H15NO/c1-8(2)10-4-6-11(7-5-10)12-9(3)13/h4,6-7H,5H2,1-3H3,(H,12,13). The van der Waals surface area contributed by atoms with Gasteiger partial charge in [0.1, 0.15) is 0 Å². The molecule has 1 rings (SSSR count). The second kappa shape index (κ2) is 4.08. The van der Waals surface area contributed by atoms with Crippen LogP contribution in [0, 0.1) is 0 Å². The van der Waals surface area contributed by atoms with Crippen LogP contribution < -0.4 is 5.32 Å². The van der Waals surface area contributed by atoms with Gasteiger partial charge in [-0.2, -0.15) is 0 Å². The van der Waals surface area contributed by atoms with Crippen molar-refractivity contribution in [2.75, 3.05) is 0 Å². The Morgan fingerprint density at radius 1 is 1.31 bits per heavy atom. The van der Waals surface area contributed by atoms with Gasteiger partial charge in [0.25, 0.3) is 0 Å². The molecule has 0 bridgehead atoms. The number of allylic oxidation sites excluding steroid dienone is 5. The quantitative estimate of drug-likeness (QED) is 0.654. The lowest BCUT2D eigenvalue weighted by molar-refractivity contribution is -0.118. The van der Waals surface area contributed by atoms with E-state index in [1.165, 1.54) is 18.1 Å². The van der Waals surface area contributed by atoms with Crippen molar-refractivity contribution < 1.29 is 4.79 Å². The largest absolute Gasteiger partial charge is 0.327 e. The Bertz CT molecular complexity index is 304. The molecule has 0 fully saturated rings. The summed E-state index contributed by atoms with van der Waals surface area (Å²) in [4.78, 5) is 10.7. The molecule has 1 N–H and O–H groups in total. The minimum Gasteiger partial charge on any atom is -0.327 e. The summed E-state index contributed by atoms with van der Waals surface area (Å²) in [5, 5.41) is 2.75. The second-order valence-corrected chi connectivity index (χ2v) is 3.40. The first-order valence-electron chi connectivity index (χ1n) is 4.42. The van der Waals surface area contributed by atoms with E-state index in [2.05, 4.69) is 25.2 Å². The fraction of sp³-hybridized carbons (Fsp3) is 0.364. The lowest BCUT2D eigenvalue weighted by Gasteiger charge is -2.10. The van der Waals surface area contributed by atoms with Crippen LogP contribution in [0.3, 0.4) is 0 Å². The van der Waals surface area contributed by atoms with Gasteiger partial charge in [0.15, 0.2) is 0 Å². The van der Waals surface area contributed by atoms with E-state index in [1.807, 2.05) is 12.2 Å². The third-order valence-electron chi connectivity index (χ3n) is 1.97. The molecule has 0 saturated heterocycles. The van der Waals surface area contributed by atoms with Crippen molar-refractivity contribution in [2.45, 2.75) is 27.2 Å². The summed E-state index contributed by atoms with van der Waals surface area (Å²) in [5.74, 6) is -0.0171. The molecular formula is C11H15NO. The minimum atomic E-state index is -0.0171. The molecule has 0 heterocycles. The molecular weight excluding hydrogens is 162 g/mol. The number of hydrogen-bond donors (Lipinski definition) is 1. The predicted octanol–water partition coefficient (Wildman–Crippen LogP) is 2.30. The Morgan fingerprint density at radius 2 is 2.00 bits per heavy atom. The van der Waals surface area contributed by atoms with Crippen LogP contribution in [-0.2, 0) is 4.79 Å². The zero-order valence-corrected chi connectivity index (χ0v) is 8.35. The van der Waals surface area contributed by atoms with E-state index >= 15 is 0 Å². The lowest BCUT2D eigenvalue weighted by atomic mass is 10.0. The molecule has 2 heteroatoms. The second-order valence-electron chi connectivity index (χ2n) is 3.40. The molecule has 0 aromatic rings. The Balaban J connectivity index is 2.66. The topological polar surface area (TPSA) is 29.1 Å². The number of nitrogens with one attached hydrogen (secondary N) is 1. The van der Waals surface area contributed by atoms with Gasteiger partial charge in [-0.15, -0.1) is 0 Å². The highest BCUT2D eigenvalue weighted by molar-refractivity contribution is 5.75. The molecule has 13 heavy (non-hydrogen) atoms. The van der Waals surface area contributed by atoms with Crippen LogP contribution in [0.2, 0.25) is 0 Å². The average molecular weight is 177 g/mol. The molecule has 0 spiro atoms. The van der Waals surface area contributed by atoms with Crippen LogP contribution in [0.25, 0.3) is 0 Å². The van der Waals surface area contributed by atoms with Gasteiger partial charge in [0.2, 0.25) is 5.91 Å². The zero-order chi connectivity index (χ0) is 9.84. The van der Waals surface area contributed by atoms with E-state index in [0.29, 0.717) is 0 Å². The molecule has 70 valence electrons. The average Bonchev–Trinajstić information content (AvgIpc) is 2.04. The van der Waals surface area contributed by atoms with Crippen LogP contribution in [0.5, 0.6) is 0 Å². The number of rotatable bonds is 1. The third-order valence-corrected chi connectivity index (χ3v) is 1.97. The van der Waals surface area contributed by atoms with Crippen molar-refractivity contribution >= 4 is 5.91 Å². The molecule has 1 amide bonds. The smallest absolute Gasteiger partial charge is 0.221 e. The van der Waals surface area contributed by atoms with E-state index < -0.39 is 0 Å². The highest BCUT2D eigenvalue weighted by Gasteiger charge is 2.02. The predicted molar refractivity (Wildman–Crippen MR) is 54.0 cm³/mol. The molecule has 1 aliphatic carbocycles. The van der Waals surface area contributed by atoms with Gasteiger partial charge in [0, 0.05) is 12.6 Å². The van der Waals surface area contributed by atoms with Crippen molar-refractivity contribution in [2.24, 2.45) is 0 Å². The highest BCUT2D eigenvalue weighted by atomic mass is 16.1. The number of carbonyl (C=O) groups is 1. The summed E-state index contributed by atoms with van der Waals surface area (Å²) >= 11 is 0. The van der Waals surface area contributed by atoms with Gasteiger partial charge in [-0.3, -0.25) is 4.79 Å². The minimum absolute atomic E-state index is 0.0171. The molecule has 2 nitrogen and oxygen atoms in total. The van der Waals surface area contributed by atoms with Crippen LogP contribution in [0.15, 0.2) is 35.1 Å². The molecule has 0 radical (unpaired) electrons. The summed E-state index contributed by atoms with van der Waals surface area (Å²) < 4.78 is 0.